The van der Waals surface area contributed by atoms with E-state index in [4.69, 9.17) is 4.74 Å². The van der Waals surface area contributed by atoms with Gasteiger partial charge in [-0.25, -0.2) is 0 Å². The first-order valence-electron chi connectivity index (χ1n) is 9.94. The van der Waals surface area contributed by atoms with E-state index in [0.717, 1.165) is 30.6 Å². The fourth-order valence-electron chi connectivity index (χ4n) is 5.08. The van der Waals surface area contributed by atoms with Crippen molar-refractivity contribution in [3.05, 3.63) is 29.6 Å². The third-order valence-electron chi connectivity index (χ3n) is 6.55. The number of hydrogen-bond donors (Lipinski definition) is 1. The maximum Gasteiger partial charge on any atom is 0.230 e. The molecule has 4 aliphatic heterocycles. The maximum absolute atomic E-state index is 13.4. The summed E-state index contributed by atoms with van der Waals surface area (Å²) in [6.45, 7) is 6.85. The van der Waals surface area contributed by atoms with Crippen LogP contribution in [0, 0.1) is 17.8 Å². The highest BCUT2D eigenvalue weighted by atomic mass is 16.5. The van der Waals surface area contributed by atoms with Crippen molar-refractivity contribution in [1.82, 2.24) is 20.0 Å². The molecular formula is C20H26N4O3. The van der Waals surface area contributed by atoms with Gasteiger partial charge in [0.05, 0.1) is 30.7 Å². The molecule has 2 amide bonds. The Kier molecular flexibility index (Phi) is 3.73. The summed E-state index contributed by atoms with van der Waals surface area (Å²) in [6.07, 6.45) is 7.29. The van der Waals surface area contributed by atoms with Crippen molar-refractivity contribution in [2.24, 2.45) is 17.8 Å². The minimum atomic E-state index is -0.602. The molecule has 144 valence electrons. The third kappa shape index (κ3) is 2.47. The van der Waals surface area contributed by atoms with Crippen molar-refractivity contribution >= 4 is 11.8 Å². The number of rotatable bonds is 4. The lowest BCUT2D eigenvalue weighted by Crippen LogP contribution is -2.47. The Balaban J connectivity index is 1.37. The lowest BCUT2D eigenvalue weighted by molar-refractivity contribution is -0.144. The summed E-state index contributed by atoms with van der Waals surface area (Å²) in [4.78, 5) is 30.3. The van der Waals surface area contributed by atoms with Gasteiger partial charge in [-0.05, 0) is 12.3 Å². The van der Waals surface area contributed by atoms with Crippen molar-refractivity contribution in [2.75, 3.05) is 19.6 Å². The van der Waals surface area contributed by atoms with Crippen LogP contribution >= 0.6 is 0 Å². The van der Waals surface area contributed by atoms with Gasteiger partial charge in [-0.15, -0.1) is 0 Å². The number of H-pyrrole nitrogens is 1. The molecule has 0 aliphatic carbocycles. The fraction of sp³-hybridized carbons (Fsp3) is 0.650. The van der Waals surface area contributed by atoms with Crippen LogP contribution in [0.1, 0.15) is 31.5 Å². The molecule has 4 aliphatic rings. The summed E-state index contributed by atoms with van der Waals surface area (Å²) in [5.41, 5.74) is 1.58. The van der Waals surface area contributed by atoms with Crippen LogP contribution in [-0.2, 0) is 27.3 Å². The van der Waals surface area contributed by atoms with Gasteiger partial charge >= 0.3 is 0 Å². The van der Waals surface area contributed by atoms with Crippen LogP contribution in [0.2, 0.25) is 0 Å². The number of aromatic nitrogens is 2. The van der Waals surface area contributed by atoms with Crippen LogP contribution in [0.5, 0.6) is 0 Å². The van der Waals surface area contributed by atoms with Crippen molar-refractivity contribution in [3.63, 3.8) is 0 Å². The Labute approximate surface area is 158 Å². The number of carbonyl (C=O) groups is 2. The van der Waals surface area contributed by atoms with Gasteiger partial charge in [0.2, 0.25) is 11.8 Å². The van der Waals surface area contributed by atoms with Gasteiger partial charge in [0, 0.05) is 37.3 Å². The van der Waals surface area contributed by atoms with Crippen LogP contribution in [0.25, 0.3) is 0 Å². The van der Waals surface area contributed by atoms with Crippen molar-refractivity contribution in [3.8, 4) is 0 Å². The molecule has 0 unspecified atom stereocenters. The van der Waals surface area contributed by atoms with E-state index in [2.05, 4.69) is 24.0 Å². The molecule has 0 saturated carbocycles. The summed E-state index contributed by atoms with van der Waals surface area (Å²) in [7, 11) is 0. The molecule has 1 N–H and O–H groups in total. The minimum absolute atomic E-state index is 0.0436. The maximum atomic E-state index is 13.4. The zero-order chi connectivity index (χ0) is 18.8. The predicted molar refractivity (Wildman–Crippen MR) is 97.5 cm³/mol. The van der Waals surface area contributed by atoms with E-state index in [1.54, 1.807) is 6.20 Å². The SMILES string of the molecule is CC(C)CCN1C[C@]23C=C[C@H](O2)[C@@H](C(=O)N2CCc4[nH]ncc4C2)[C@@H]3C1=O. The summed E-state index contributed by atoms with van der Waals surface area (Å²) < 4.78 is 6.23. The molecule has 2 bridgehead atoms. The molecule has 7 nitrogen and oxygen atoms in total. The van der Waals surface area contributed by atoms with Crippen molar-refractivity contribution in [1.29, 1.82) is 0 Å². The number of ether oxygens (including phenoxy) is 1. The summed E-state index contributed by atoms with van der Waals surface area (Å²) in [5.74, 6) is -0.111. The minimum Gasteiger partial charge on any atom is -0.360 e. The van der Waals surface area contributed by atoms with Gasteiger partial charge in [-0.2, -0.15) is 5.10 Å². The molecule has 5 heterocycles. The Morgan fingerprint density at radius 2 is 2.33 bits per heavy atom. The molecule has 1 spiro atoms. The first-order valence-corrected chi connectivity index (χ1v) is 9.94. The molecule has 2 fully saturated rings. The molecule has 4 atom stereocenters. The van der Waals surface area contributed by atoms with Gasteiger partial charge in [0.15, 0.2) is 0 Å². The first kappa shape index (κ1) is 17.0. The van der Waals surface area contributed by atoms with Crippen molar-refractivity contribution < 1.29 is 14.3 Å². The highest BCUT2D eigenvalue weighted by molar-refractivity contribution is 5.93. The van der Waals surface area contributed by atoms with Crippen molar-refractivity contribution in [2.45, 2.75) is 44.9 Å². The largest absolute Gasteiger partial charge is 0.360 e. The highest BCUT2D eigenvalue weighted by Crippen LogP contribution is 2.52. The molecular weight excluding hydrogens is 344 g/mol. The van der Waals surface area contributed by atoms with E-state index in [1.807, 2.05) is 22.0 Å². The van der Waals surface area contributed by atoms with Gasteiger partial charge in [-0.1, -0.05) is 26.0 Å². The molecule has 0 radical (unpaired) electrons. The van der Waals surface area contributed by atoms with E-state index in [0.29, 0.717) is 25.6 Å². The van der Waals surface area contributed by atoms with Crippen LogP contribution in [-0.4, -0.2) is 63.2 Å². The average molecular weight is 370 g/mol. The van der Waals surface area contributed by atoms with E-state index in [1.165, 1.54) is 0 Å². The van der Waals surface area contributed by atoms with Gasteiger partial charge in [0.25, 0.3) is 0 Å². The van der Waals surface area contributed by atoms with Gasteiger partial charge in [-0.3, -0.25) is 14.7 Å². The Morgan fingerprint density at radius 3 is 3.15 bits per heavy atom. The summed E-state index contributed by atoms with van der Waals surface area (Å²) in [5, 5.41) is 7.08. The Hall–Kier alpha value is -2.15. The zero-order valence-corrected chi connectivity index (χ0v) is 15.9. The quantitative estimate of drug-likeness (QED) is 0.806. The van der Waals surface area contributed by atoms with E-state index < -0.39 is 11.5 Å². The standard InChI is InChI=1S/C20H26N4O3/c1-12(2)4-7-24-11-20-6-3-15(27-20)16(17(20)19(24)26)18(25)23-8-5-14-13(10-23)9-21-22-14/h3,6,9,12,15-17H,4-5,7-8,10-11H2,1-2H3,(H,21,22)/t15-,16+,17+,20-/m0/s1. The second-order valence-electron chi connectivity index (χ2n) is 8.73. The molecule has 2 saturated heterocycles. The predicted octanol–water partition coefficient (Wildman–Crippen LogP) is 1.12. The second-order valence-corrected chi connectivity index (χ2v) is 8.73. The number of amides is 2. The van der Waals surface area contributed by atoms with E-state index >= 15 is 0 Å². The fourth-order valence-corrected chi connectivity index (χ4v) is 5.08. The number of likely N-dealkylation sites (tertiary alicyclic amines) is 1. The zero-order valence-electron chi connectivity index (χ0n) is 15.9. The Morgan fingerprint density at radius 1 is 1.48 bits per heavy atom. The summed E-state index contributed by atoms with van der Waals surface area (Å²) in [6, 6.07) is 0. The lowest BCUT2D eigenvalue weighted by atomic mass is 9.76. The van der Waals surface area contributed by atoms with Crippen LogP contribution in [0.3, 0.4) is 0 Å². The molecule has 27 heavy (non-hydrogen) atoms. The van der Waals surface area contributed by atoms with Crippen LogP contribution in [0.4, 0.5) is 0 Å². The highest BCUT2D eigenvalue weighted by Gasteiger charge is 2.67. The lowest BCUT2D eigenvalue weighted by Gasteiger charge is -2.32. The smallest absolute Gasteiger partial charge is 0.230 e. The van der Waals surface area contributed by atoms with Gasteiger partial charge < -0.3 is 14.5 Å². The number of nitrogens with one attached hydrogen (secondary N) is 1. The first-order chi connectivity index (χ1) is 13.0. The monoisotopic (exact) mass is 370 g/mol. The molecule has 1 aromatic heterocycles. The van der Waals surface area contributed by atoms with Crippen LogP contribution in [0.15, 0.2) is 18.3 Å². The third-order valence-corrected chi connectivity index (χ3v) is 6.55. The number of nitrogens with zero attached hydrogens (tertiary/aromatic N) is 3. The number of hydrogen-bond acceptors (Lipinski definition) is 4. The number of aromatic amines is 1. The van der Waals surface area contributed by atoms with E-state index in [9.17, 15) is 9.59 Å². The average Bonchev–Trinajstić information content (AvgIpc) is 3.39. The number of carbonyl (C=O) groups excluding carboxylic acids is 2. The second kappa shape index (κ2) is 5.92. The van der Waals surface area contributed by atoms with Gasteiger partial charge in [0.1, 0.15) is 5.60 Å². The molecule has 0 aromatic carbocycles. The molecule has 5 rings (SSSR count). The molecule has 7 heteroatoms. The molecule has 1 aromatic rings. The Bertz CT molecular complexity index is 816. The normalized spacial score (nSPS) is 33.9. The van der Waals surface area contributed by atoms with E-state index in [-0.39, 0.29) is 23.8 Å². The number of fused-ring (bicyclic) bond motifs is 2. The van der Waals surface area contributed by atoms with Crippen LogP contribution < -0.4 is 0 Å². The topological polar surface area (TPSA) is 78.5 Å². The summed E-state index contributed by atoms with van der Waals surface area (Å²) >= 11 is 0.